The van der Waals surface area contributed by atoms with Gasteiger partial charge in [-0.3, -0.25) is 9.59 Å². The fourth-order valence-electron chi connectivity index (χ4n) is 3.45. The number of rotatable bonds is 7. The molecule has 0 radical (unpaired) electrons. The summed E-state index contributed by atoms with van der Waals surface area (Å²) in [5, 5.41) is 33.4. The Labute approximate surface area is 177 Å². The SMILES string of the molecule is COC(=O)C[C@H](c1ccsc1)c1c(O)cc(C)n(CCc2ccc(O)c(O)c2)c1=O. The highest BCUT2D eigenvalue weighted by molar-refractivity contribution is 7.08. The minimum absolute atomic E-state index is 0.0646. The number of aromatic hydroxyl groups is 3. The number of phenolic OH excluding ortho intramolecular Hbond substituents is 2. The lowest BCUT2D eigenvalue weighted by atomic mass is 9.90. The summed E-state index contributed by atoms with van der Waals surface area (Å²) in [7, 11) is 1.29. The Morgan fingerprint density at radius 1 is 1.13 bits per heavy atom. The molecular weight excluding hydrogens is 406 g/mol. The van der Waals surface area contributed by atoms with E-state index in [1.165, 1.54) is 41.2 Å². The molecule has 158 valence electrons. The summed E-state index contributed by atoms with van der Waals surface area (Å²) in [4.78, 5) is 25.3. The van der Waals surface area contributed by atoms with Gasteiger partial charge in [0, 0.05) is 18.2 Å². The molecule has 0 saturated carbocycles. The lowest BCUT2D eigenvalue weighted by Crippen LogP contribution is -2.29. The molecule has 3 aromatic rings. The van der Waals surface area contributed by atoms with Gasteiger partial charge >= 0.3 is 5.97 Å². The van der Waals surface area contributed by atoms with Crippen LogP contribution in [0.2, 0.25) is 0 Å². The smallest absolute Gasteiger partial charge is 0.306 e. The minimum Gasteiger partial charge on any atom is -0.507 e. The number of benzene rings is 1. The molecule has 3 N–H and O–H groups in total. The number of nitrogens with zero attached hydrogens (tertiary/aromatic N) is 1. The first-order valence-electron chi connectivity index (χ1n) is 9.35. The van der Waals surface area contributed by atoms with Crippen molar-refractivity contribution < 1.29 is 24.9 Å². The second-order valence-electron chi connectivity index (χ2n) is 7.00. The number of phenols is 2. The van der Waals surface area contributed by atoms with Crippen LogP contribution >= 0.6 is 11.3 Å². The third kappa shape index (κ3) is 4.49. The van der Waals surface area contributed by atoms with Crippen molar-refractivity contribution in [1.82, 2.24) is 4.57 Å². The van der Waals surface area contributed by atoms with Gasteiger partial charge in [-0.15, -0.1) is 0 Å². The summed E-state index contributed by atoms with van der Waals surface area (Å²) in [6.07, 6.45) is 0.365. The number of carbonyl (C=O) groups excluding carboxylic acids is 1. The Bertz CT molecular complexity index is 1100. The number of methoxy groups -OCH3 is 1. The second kappa shape index (κ2) is 9.04. The number of pyridine rings is 1. The Balaban J connectivity index is 1.99. The van der Waals surface area contributed by atoms with Crippen molar-refractivity contribution in [3.8, 4) is 17.2 Å². The van der Waals surface area contributed by atoms with Crippen LogP contribution in [0.15, 0.2) is 45.9 Å². The second-order valence-corrected chi connectivity index (χ2v) is 7.78. The average molecular weight is 429 g/mol. The van der Waals surface area contributed by atoms with Crippen LogP contribution in [0.4, 0.5) is 0 Å². The first-order chi connectivity index (χ1) is 14.3. The maximum absolute atomic E-state index is 13.3. The molecule has 0 amide bonds. The van der Waals surface area contributed by atoms with Crippen LogP contribution in [-0.2, 0) is 22.5 Å². The van der Waals surface area contributed by atoms with Crippen LogP contribution in [0.5, 0.6) is 17.2 Å². The van der Waals surface area contributed by atoms with Crippen molar-refractivity contribution in [2.75, 3.05) is 7.11 Å². The summed E-state index contributed by atoms with van der Waals surface area (Å²) in [5.74, 6) is -1.69. The van der Waals surface area contributed by atoms with Gasteiger partial charge in [0.15, 0.2) is 11.5 Å². The summed E-state index contributed by atoms with van der Waals surface area (Å²) in [6.45, 7) is 2.02. The quantitative estimate of drug-likeness (QED) is 0.393. The van der Waals surface area contributed by atoms with Gasteiger partial charge in [-0.05, 0) is 59.5 Å². The maximum Gasteiger partial charge on any atom is 0.306 e. The third-order valence-corrected chi connectivity index (χ3v) is 5.78. The molecule has 7 nitrogen and oxygen atoms in total. The number of carbonyl (C=O) groups is 1. The van der Waals surface area contributed by atoms with Gasteiger partial charge in [-0.25, -0.2) is 0 Å². The van der Waals surface area contributed by atoms with Gasteiger partial charge < -0.3 is 24.6 Å². The summed E-state index contributed by atoms with van der Waals surface area (Å²) in [6, 6.07) is 7.85. The van der Waals surface area contributed by atoms with Crippen molar-refractivity contribution >= 4 is 17.3 Å². The van der Waals surface area contributed by atoms with E-state index in [-0.39, 0.29) is 34.8 Å². The maximum atomic E-state index is 13.3. The largest absolute Gasteiger partial charge is 0.507 e. The standard InChI is InChI=1S/C22H23NO6S/c1-13-9-19(26)21(16(11-20(27)29-2)15-6-8-30-12-15)22(28)23(13)7-5-14-3-4-17(24)18(25)10-14/h3-4,6,8-10,12,16,24-26H,5,7,11H2,1-2H3/t16-/m1/s1. The van der Waals surface area contributed by atoms with Gasteiger partial charge in [0.05, 0.1) is 19.1 Å². The van der Waals surface area contributed by atoms with Crippen molar-refractivity contribution in [3.05, 3.63) is 73.8 Å². The highest BCUT2D eigenvalue weighted by Gasteiger charge is 2.26. The molecule has 0 aliphatic carbocycles. The predicted molar refractivity (Wildman–Crippen MR) is 113 cm³/mol. The van der Waals surface area contributed by atoms with Crippen molar-refractivity contribution in [2.45, 2.75) is 32.2 Å². The molecule has 3 rings (SSSR count). The van der Waals surface area contributed by atoms with E-state index in [0.29, 0.717) is 18.7 Å². The molecule has 0 aliphatic rings. The number of aromatic nitrogens is 1. The number of ether oxygens (including phenoxy) is 1. The molecule has 0 bridgehead atoms. The van der Waals surface area contributed by atoms with Gasteiger partial charge in [0.25, 0.3) is 5.56 Å². The Hall–Kier alpha value is -3.26. The molecule has 1 atom stereocenters. The molecular formula is C22H23NO6S. The van der Waals surface area contributed by atoms with Gasteiger partial charge in [0.2, 0.25) is 0 Å². The molecule has 2 heterocycles. The van der Waals surface area contributed by atoms with Crippen LogP contribution in [-0.4, -0.2) is 33.0 Å². The van der Waals surface area contributed by atoms with Crippen LogP contribution in [0, 0.1) is 6.92 Å². The summed E-state index contributed by atoms with van der Waals surface area (Å²) < 4.78 is 6.33. The molecule has 30 heavy (non-hydrogen) atoms. The third-order valence-electron chi connectivity index (χ3n) is 5.08. The van der Waals surface area contributed by atoms with E-state index in [9.17, 15) is 24.9 Å². The molecule has 0 spiro atoms. The number of thiophene rings is 1. The Kier molecular flexibility index (Phi) is 6.47. The van der Waals surface area contributed by atoms with E-state index in [1.807, 2.05) is 16.8 Å². The van der Waals surface area contributed by atoms with E-state index in [1.54, 1.807) is 13.0 Å². The summed E-state index contributed by atoms with van der Waals surface area (Å²) >= 11 is 1.44. The van der Waals surface area contributed by atoms with E-state index in [4.69, 9.17) is 4.74 Å². The number of hydrogen-bond donors (Lipinski definition) is 3. The molecule has 1 aromatic carbocycles. The predicted octanol–water partition coefficient (Wildman–Crippen LogP) is 3.27. The van der Waals surface area contributed by atoms with E-state index < -0.39 is 11.9 Å². The average Bonchev–Trinajstić information content (AvgIpc) is 3.23. The fourth-order valence-corrected chi connectivity index (χ4v) is 4.16. The fraction of sp³-hybridized carbons (Fsp3) is 0.273. The zero-order valence-corrected chi connectivity index (χ0v) is 17.5. The number of esters is 1. The minimum atomic E-state index is -0.624. The first kappa shape index (κ1) is 21.4. The zero-order valence-electron chi connectivity index (χ0n) is 16.7. The highest BCUT2D eigenvalue weighted by Crippen LogP contribution is 2.33. The molecule has 8 heteroatoms. The van der Waals surface area contributed by atoms with Crippen LogP contribution < -0.4 is 5.56 Å². The molecule has 0 saturated heterocycles. The van der Waals surface area contributed by atoms with Gasteiger partial charge in [-0.2, -0.15) is 11.3 Å². The summed E-state index contributed by atoms with van der Waals surface area (Å²) in [5.41, 5.74) is 1.85. The van der Waals surface area contributed by atoms with Crippen molar-refractivity contribution in [3.63, 3.8) is 0 Å². The Morgan fingerprint density at radius 2 is 1.90 bits per heavy atom. The highest BCUT2D eigenvalue weighted by atomic mass is 32.1. The molecule has 0 fully saturated rings. The topological polar surface area (TPSA) is 109 Å². The molecule has 0 unspecified atom stereocenters. The van der Waals surface area contributed by atoms with E-state index >= 15 is 0 Å². The van der Waals surface area contributed by atoms with Gasteiger partial charge in [0.1, 0.15) is 5.75 Å². The van der Waals surface area contributed by atoms with Crippen LogP contribution in [0.25, 0.3) is 0 Å². The van der Waals surface area contributed by atoms with E-state index in [0.717, 1.165) is 11.1 Å². The monoisotopic (exact) mass is 429 g/mol. The van der Waals surface area contributed by atoms with Crippen molar-refractivity contribution in [2.24, 2.45) is 0 Å². The molecule has 2 aromatic heterocycles. The number of hydrogen-bond acceptors (Lipinski definition) is 7. The first-order valence-corrected chi connectivity index (χ1v) is 10.3. The normalized spacial score (nSPS) is 11.9. The van der Waals surface area contributed by atoms with Crippen LogP contribution in [0.1, 0.15) is 34.7 Å². The Morgan fingerprint density at radius 3 is 2.53 bits per heavy atom. The lowest BCUT2D eigenvalue weighted by molar-refractivity contribution is -0.140. The molecule has 0 aliphatic heterocycles. The lowest BCUT2D eigenvalue weighted by Gasteiger charge is -2.19. The number of aryl methyl sites for hydroxylation is 2. The zero-order chi connectivity index (χ0) is 21.8. The van der Waals surface area contributed by atoms with Crippen LogP contribution in [0.3, 0.4) is 0 Å². The van der Waals surface area contributed by atoms with E-state index in [2.05, 4.69) is 0 Å². The van der Waals surface area contributed by atoms with Gasteiger partial charge in [-0.1, -0.05) is 6.07 Å². The van der Waals surface area contributed by atoms with Crippen molar-refractivity contribution in [1.29, 1.82) is 0 Å².